The molecule has 2 rings (SSSR count). The molecule has 0 bridgehead atoms. The van der Waals surface area contributed by atoms with E-state index in [1.165, 1.54) is 31.3 Å². The summed E-state index contributed by atoms with van der Waals surface area (Å²) in [5.41, 5.74) is 0.815. The molecule has 1 fully saturated rings. The summed E-state index contributed by atoms with van der Waals surface area (Å²) >= 11 is 0. The fourth-order valence-corrected chi connectivity index (χ4v) is 2.16. The summed E-state index contributed by atoms with van der Waals surface area (Å²) in [5, 5.41) is 4.96. The van der Waals surface area contributed by atoms with Crippen molar-refractivity contribution in [1.29, 1.82) is 0 Å². The van der Waals surface area contributed by atoms with Gasteiger partial charge in [-0.2, -0.15) is 0 Å². The lowest BCUT2D eigenvalue weighted by atomic mass is 10.2. The summed E-state index contributed by atoms with van der Waals surface area (Å²) in [6.45, 7) is 1.06. The minimum Gasteiger partial charge on any atom is -0.355 e. The van der Waals surface area contributed by atoms with Crippen molar-refractivity contribution >= 4 is 35.3 Å². The number of nitrogens with one attached hydrogen (secondary N) is 2. The largest absolute Gasteiger partial charge is 0.355 e. The van der Waals surface area contributed by atoms with Gasteiger partial charge in [-0.05, 0) is 31.2 Å². The van der Waals surface area contributed by atoms with E-state index < -0.39 is 30.3 Å². The maximum absolute atomic E-state index is 12.0. The summed E-state index contributed by atoms with van der Waals surface area (Å²) in [4.78, 5) is 59.9. The van der Waals surface area contributed by atoms with Crippen LogP contribution in [0.5, 0.6) is 0 Å². The molecule has 1 saturated heterocycles. The summed E-state index contributed by atoms with van der Waals surface area (Å²) in [6, 6.07) is 5.25. The van der Waals surface area contributed by atoms with Crippen LogP contribution >= 0.6 is 0 Å². The Labute approximate surface area is 137 Å². The van der Waals surface area contributed by atoms with Crippen molar-refractivity contribution in [3.63, 3.8) is 0 Å². The highest BCUT2D eigenvalue weighted by Crippen LogP contribution is 2.13. The predicted octanol–water partition coefficient (Wildman–Crippen LogP) is -0.205. The Balaban J connectivity index is 2.01. The Hall–Kier alpha value is -3.23. The Morgan fingerprint density at radius 3 is 2.08 bits per heavy atom. The Kier molecular flexibility index (Phi) is 4.93. The quantitative estimate of drug-likeness (QED) is 0.572. The highest BCUT2D eigenvalue weighted by Gasteiger charge is 2.44. The topological polar surface area (TPSA) is 116 Å². The molecule has 1 aromatic rings. The Bertz CT molecular complexity index is 713. The molecule has 1 aliphatic heterocycles. The third kappa shape index (κ3) is 3.24. The van der Waals surface area contributed by atoms with Crippen molar-refractivity contribution in [2.45, 2.75) is 6.92 Å². The zero-order valence-corrected chi connectivity index (χ0v) is 13.2. The van der Waals surface area contributed by atoms with Crippen molar-refractivity contribution in [1.82, 2.24) is 15.1 Å². The smallest absolute Gasteiger partial charge is 0.334 e. The monoisotopic (exact) mass is 332 g/mol. The van der Waals surface area contributed by atoms with E-state index in [1.807, 2.05) is 0 Å². The number of anilines is 1. The molecule has 0 radical (unpaired) electrons. The molecule has 9 heteroatoms. The molecule has 126 valence electrons. The average molecular weight is 332 g/mol. The normalized spacial score (nSPS) is 14.2. The van der Waals surface area contributed by atoms with E-state index in [0.29, 0.717) is 16.2 Å². The molecule has 0 aliphatic carbocycles. The van der Waals surface area contributed by atoms with Gasteiger partial charge in [0.25, 0.3) is 5.91 Å². The van der Waals surface area contributed by atoms with Gasteiger partial charge >= 0.3 is 17.8 Å². The second-order valence-electron chi connectivity index (χ2n) is 4.93. The van der Waals surface area contributed by atoms with Crippen molar-refractivity contribution < 1.29 is 24.0 Å². The Morgan fingerprint density at radius 1 is 1.00 bits per heavy atom. The molecule has 1 aromatic carbocycles. The van der Waals surface area contributed by atoms with Gasteiger partial charge in [0.05, 0.1) is 0 Å². The third-order valence-corrected chi connectivity index (χ3v) is 3.41. The van der Waals surface area contributed by atoms with Gasteiger partial charge in [0.15, 0.2) is 0 Å². The second-order valence-corrected chi connectivity index (χ2v) is 4.93. The number of imide groups is 2. The van der Waals surface area contributed by atoms with Crippen molar-refractivity contribution in [2.75, 3.05) is 25.5 Å². The number of rotatable bonds is 5. The van der Waals surface area contributed by atoms with Crippen LogP contribution in [0.4, 0.5) is 10.5 Å². The van der Waals surface area contributed by atoms with Gasteiger partial charge in [0.1, 0.15) is 6.54 Å². The first kappa shape index (κ1) is 17.1. The van der Waals surface area contributed by atoms with Gasteiger partial charge in [0, 0.05) is 24.8 Å². The van der Waals surface area contributed by atoms with Crippen LogP contribution in [-0.4, -0.2) is 59.6 Å². The molecular weight excluding hydrogens is 316 g/mol. The zero-order valence-electron chi connectivity index (χ0n) is 13.2. The summed E-state index contributed by atoms with van der Waals surface area (Å²) in [7, 11) is 1.50. The molecule has 0 aromatic heterocycles. The maximum atomic E-state index is 12.0. The van der Waals surface area contributed by atoms with Crippen LogP contribution < -0.4 is 10.6 Å². The molecule has 0 unspecified atom stereocenters. The van der Waals surface area contributed by atoms with Gasteiger partial charge in [-0.1, -0.05) is 0 Å². The van der Waals surface area contributed by atoms with E-state index in [1.54, 1.807) is 6.92 Å². The Morgan fingerprint density at radius 2 is 1.58 bits per heavy atom. The number of hydrogen-bond acceptors (Lipinski definition) is 5. The molecule has 1 aliphatic rings. The summed E-state index contributed by atoms with van der Waals surface area (Å²) in [5.74, 6) is -2.85. The van der Waals surface area contributed by atoms with Crippen LogP contribution in [0, 0.1) is 0 Å². The van der Waals surface area contributed by atoms with Gasteiger partial charge < -0.3 is 10.6 Å². The lowest BCUT2D eigenvalue weighted by Crippen LogP contribution is -2.38. The van der Waals surface area contributed by atoms with E-state index >= 15 is 0 Å². The number of nitrogens with zero attached hydrogens (tertiary/aromatic N) is 2. The van der Waals surface area contributed by atoms with Crippen molar-refractivity contribution in [3.8, 4) is 0 Å². The van der Waals surface area contributed by atoms with E-state index in [2.05, 4.69) is 10.6 Å². The van der Waals surface area contributed by atoms with Crippen LogP contribution in [0.3, 0.4) is 0 Å². The second kappa shape index (κ2) is 6.90. The first-order valence-corrected chi connectivity index (χ1v) is 7.18. The lowest BCUT2D eigenvalue weighted by Gasteiger charge is -2.14. The molecule has 0 atom stereocenters. The molecule has 2 N–H and O–H groups in total. The number of likely N-dealkylation sites (N-methyl/N-ethyl adjacent to an activating group) is 1. The first-order valence-electron chi connectivity index (χ1n) is 7.18. The van der Waals surface area contributed by atoms with Crippen LogP contribution in [0.25, 0.3) is 0 Å². The number of urea groups is 1. The zero-order chi connectivity index (χ0) is 17.9. The van der Waals surface area contributed by atoms with Crippen molar-refractivity contribution in [3.05, 3.63) is 29.8 Å². The minimum atomic E-state index is -1.02. The number of carbonyl (C=O) groups is 5. The molecule has 24 heavy (non-hydrogen) atoms. The van der Waals surface area contributed by atoms with E-state index in [0.717, 1.165) is 4.90 Å². The van der Waals surface area contributed by atoms with Crippen molar-refractivity contribution in [2.24, 2.45) is 0 Å². The fraction of sp³-hybridized carbons (Fsp3) is 0.267. The standard InChI is InChI=1S/C15H16N4O5/c1-3-18-13(22)14(23)19(15(18)24)8-11(20)17-10-6-4-9(5-7-10)12(21)16-2/h4-7H,3,8H2,1-2H3,(H,16,21)(H,17,20). The van der Waals surface area contributed by atoms with E-state index in [9.17, 15) is 24.0 Å². The number of benzene rings is 1. The number of carbonyl (C=O) groups excluding carboxylic acids is 5. The molecule has 0 saturated carbocycles. The molecular formula is C15H16N4O5. The van der Waals surface area contributed by atoms with Gasteiger partial charge in [0.2, 0.25) is 5.91 Å². The summed E-state index contributed by atoms with van der Waals surface area (Å²) < 4.78 is 0. The highest BCUT2D eigenvalue weighted by molar-refractivity contribution is 6.45. The van der Waals surface area contributed by atoms with Gasteiger partial charge in [-0.25, -0.2) is 9.69 Å². The maximum Gasteiger partial charge on any atom is 0.334 e. The SMILES string of the molecule is CCN1C(=O)C(=O)N(CC(=O)Nc2ccc(C(=O)NC)cc2)C1=O. The molecule has 9 nitrogen and oxygen atoms in total. The minimum absolute atomic E-state index is 0.0580. The van der Waals surface area contributed by atoms with Crippen LogP contribution in [0.15, 0.2) is 24.3 Å². The van der Waals surface area contributed by atoms with E-state index in [-0.39, 0.29) is 12.5 Å². The lowest BCUT2D eigenvalue weighted by molar-refractivity contribution is -0.143. The first-order chi connectivity index (χ1) is 11.4. The van der Waals surface area contributed by atoms with Crippen LogP contribution in [-0.2, 0) is 14.4 Å². The predicted molar refractivity (Wildman–Crippen MR) is 83.0 cm³/mol. The molecule has 6 amide bonds. The molecule has 1 heterocycles. The number of amides is 6. The van der Waals surface area contributed by atoms with E-state index in [4.69, 9.17) is 0 Å². The summed E-state index contributed by atoms with van der Waals surface area (Å²) in [6.07, 6.45) is 0. The fourth-order valence-electron chi connectivity index (χ4n) is 2.16. The van der Waals surface area contributed by atoms with Crippen LogP contribution in [0.2, 0.25) is 0 Å². The molecule has 0 spiro atoms. The average Bonchev–Trinajstić information content (AvgIpc) is 2.78. The van der Waals surface area contributed by atoms with Gasteiger partial charge in [-0.3, -0.25) is 24.1 Å². The van der Waals surface area contributed by atoms with Gasteiger partial charge in [-0.15, -0.1) is 0 Å². The number of hydrogen-bond donors (Lipinski definition) is 2. The van der Waals surface area contributed by atoms with Crippen LogP contribution in [0.1, 0.15) is 17.3 Å². The highest BCUT2D eigenvalue weighted by atomic mass is 16.2. The third-order valence-electron chi connectivity index (χ3n) is 3.41.